The maximum Gasteiger partial charge on any atom is 0.211 e. The SMILES string of the molecule is CCS(=O)(=O)NCCCNc1ccnc2c(Cl)cc(Br)cc12. The van der Waals surface area contributed by atoms with Crippen LogP contribution in [0.2, 0.25) is 5.02 Å². The first kappa shape index (κ1) is 17.5. The Balaban J connectivity index is 2.01. The van der Waals surface area contributed by atoms with E-state index in [2.05, 4.69) is 31.0 Å². The summed E-state index contributed by atoms with van der Waals surface area (Å²) in [5.41, 5.74) is 1.66. The number of halogens is 2. The van der Waals surface area contributed by atoms with E-state index in [0.717, 1.165) is 21.1 Å². The van der Waals surface area contributed by atoms with E-state index in [4.69, 9.17) is 11.6 Å². The van der Waals surface area contributed by atoms with Crippen LogP contribution in [0, 0.1) is 0 Å². The zero-order valence-electron chi connectivity index (χ0n) is 12.1. The van der Waals surface area contributed by atoms with E-state index >= 15 is 0 Å². The van der Waals surface area contributed by atoms with Crippen LogP contribution in [0.1, 0.15) is 13.3 Å². The Kier molecular flexibility index (Phi) is 6.02. The molecule has 5 nitrogen and oxygen atoms in total. The Hall–Kier alpha value is -0.890. The van der Waals surface area contributed by atoms with Crippen LogP contribution in [0.15, 0.2) is 28.9 Å². The van der Waals surface area contributed by atoms with Gasteiger partial charge in [0.05, 0.1) is 16.3 Å². The summed E-state index contributed by atoms with van der Waals surface area (Å²) in [6.45, 7) is 2.68. The molecule has 2 rings (SSSR count). The van der Waals surface area contributed by atoms with Crippen LogP contribution < -0.4 is 10.0 Å². The van der Waals surface area contributed by atoms with Crippen LogP contribution in [-0.2, 0) is 10.0 Å². The van der Waals surface area contributed by atoms with Crippen molar-refractivity contribution >= 4 is 54.1 Å². The monoisotopic (exact) mass is 405 g/mol. The quantitative estimate of drug-likeness (QED) is 0.691. The van der Waals surface area contributed by atoms with E-state index in [9.17, 15) is 8.42 Å². The van der Waals surface area contributed by atoms with Gasteiger partial charge in [-0.25, -0.2) is 13.1 Å². The van der Waals surface area contributed by atoms with Gasteiger partial charge in [0.2, 0.25) is 10.0 Å². The highest BCUT2D eigenvalue weighted by molar-refractivity contribution is 9.10. The molecule has 0 saturated carbocycles. The van der Waals surface area contributed by atoms with Crippen molar-refractivity contribution in [1.29, 1.82) is 0 Å². The number of fused-ring (bicyclic) bond motifs is 1. The minimum atomic E-state index is -3.12. The van der Waals surface area contributed by atoms with E-state index in [0.29, 0.717) is 24.5 Å². The summed E-state index contributed by atoms with van der Waals surface area (Å²) in [7, 11) is -3.12. The molecule has 8 heteroatoms. The minimum absolute atomic E-state index is 0.0992. The second-order valence-corrected chi connectivity index (χ2v) is 8.14. The molecular formula is C14H17BrClN3O2S. The van der Waals surface area contributed by atoms with Gasteiger partial charge >= 0.3 is 0 Å². The standard InChI is InChI=1S/C14H17BrClN3O2S/c1-2-22(20,21)19-6-3-5-17-13-4-7-18-14-11(13)8-10(15)9-12(14)16/h4,7-9,19H,2-3,5-6H2,1H3,(H,17,18). The molecule has 0 amide bonds. The summed E-state index contributed by atoms with van der Waals surface area (Å²) in [5, 5.41) is 4.81. The van der Waals surface area contributed by atoms with Gasteiger partial charge in [-0.05, 0) is 31.5 Å². The molecule has 120 valence electrons. The maximum absolute atomic E-state index is 11.3. The highest BCUT2D eigenvalue weighted by Crippen LogP contribution is 2.30. The number of hydrogen-bond acceptors (Lipinski definition) is 4. The fourth-order valence-electron chi connectivity index (χ4n) is 1.97. The smallest absolute Gasteiger partial charge is 0.211 e. The zero-order chi connectivity index (χ0) is 16.2. The summed E-state index contributed by atoms with van der Waals surface area (Å²) >= 11 is 9.61. The highest BCUT2D eigenvalue weighted by atomic mass is 79.9. The molecule has 0 aliphatic heterocycles. The molecule has 2 aromatic rings. The van der Waals surface area contributed by atoms with Gasteiger partial charge in [-0.2, -0.15) is 0 Å². The summed E-state index contributed by atoms with van der Waals surface area (Å²) < 4.78 is 26.1. The van der Waals surface area contributed by atoms with Crippen LogP contribution in [0.4, 0.5) is 5.69 Å². The van der Waals surface area contributed by atoms with Gasteiger partial charge in [-0.3, -0.25) is 4.98 Å². The third-order valence-corrected chi connectivity index (χ3v) is 5.28. The molecule has 22 heavy (non-hydrogen) atoms. The van der Waals surface area contributed by atoms with Crippen molar-refractivity contribution < 1.29 is 8.42 Å². The van der Waals surface area contributed by atoms with Crippen molar-refractivity contribution in [2.75, 3.05) is 24.2 Å². The Morgan fingerprint density at radius 1 is 1.32 bits per heavy atom. The molecule has 0 aliphatic rings. The molecular weight excluding hydrogens is 390 g/mol. The van der Waals surface area contributed by atoms with Crippen LogP contribution in [0.25, 0.3) is 10.9 Å². The minimum Gasteiger partial charge on any atom is -0.384 e. The molecule has 1 aromatic heterocycles. The summed E-state index contributed by atoms with van der Waals surface area (Å²) in [6, 6.07) is 5.64. The second-order valence-electron chi connectivity index (χ2n) is 4.72. The number of nitrogens with one attached hydrogen (secondary N) is 2. The van der Waals surface area contributed by atoms with Gasteiger partial charge in [0.15, 0.2) is 0 Å². The first-order valence-electron chi connectivity index (χ1n) is 6.88. The van der Waals surface area contributed by atoms with Gasteiger partial charge < -0.3 is 5.32 Å². The van der Waals surface area contributed by atoms with E-state index < -0.39 is 10.0 Å². The average molecular weight is 407 g/mol. The molecule has 0 radical (unpaired) electrons. The number of sulfonamides is 1. The van der Waals surface area contributed by atoms with E-state index in [1.807, 2.05) is 12.1 Å². The number of nitrogens with zero attached hydrogens (tertiary/aromatic N) is 1. The van der Waals surface area contributed by atoms with Crippen molar-refractivity contribution in [1.82, 2.24) is 9.71 Å². The first-order valence-corrected chi connectivity index (χ1v) is 9.70. The number of benzene rings is 1. The lowest BCUT2D eigenvalue weighted by Gasteiger charge is -2.11. The van der Waals surface area contributed by atoms with Gasteiger partial charge in [-0.15, -0.1) is 0 Å². The van der Waals surface area contributed by atoms with E-state index in [-0.39, 0.29) is 5.75 Å². The van der Waals surface area contributed by atoms with Gasteiger partial charge in [-0.1, -0.05) is 27.5 Å². The predicted molar refractivity (Wildman–Crippen MR) is 95.0 cm³/mol. The van der Waals surface area contributed by atoms with Crippen LogP contribution >= 0.6 is 27.5 Å². The van der Waals surface area contributed by atoms with Crippen molar-refractivity contribution in [3.63, 3.8) is 0 Å². The number of hydrogen-bond donors (Lipinski definition) is 2. The van der Waals surface area contributed by atoms with Gasteiger partial charge in [0, 0.05) is 34.8 Å². The van der Waals surface area contributed by atoms with E-state index in [1.165, 1.54) is 0 Å². The van der Waals surface area contributed by atoms with Crippen molar-refractivity contribution in [3.05, 3.63) is 33.9 Å². The lowest BCUT2D eigenvalue weighted by atomic mass is 10.2. The Bertz CT molecular complexity index is 768. The third kappa shape index (κ3) is 4.55. The fraction of sp³-hybridized carbons (Fsp3) is 0.357. The normalized spacial score (nSPS) is 11.8. The maximum atomic E-state index is 11.3. The topological polar surface area (TPSA) is 71.1 Å². The third-order valence-electron chi connectivity index (χ3n) is 3.13. The molecule has 0 fully saturated rings. The summed E-state index contributed by atoms with van der Waals surface area (Å²) in [6.07, 6.45) is 2.38. The van der Waals surface area contributed by atoms with Crippen LogP contribution in [0.3, 0.4) is 0 Å². The fourth-order valence-corrected chi connectivity index (χ4v) is 3.49. The predicted octanol–water partition coefficient (Wildman–Crippen LogP) is 3.39. The summed E-state index contributed by atoms with van der Waals surface area (Å²) in [5.74, 6) is 0.0992. The van der Waals surface area contributed by atoms with Crippen molar-refractivity contribution in [2.45, 2.75) is 13.3 Å². The largest absolute Gasteiger partial charge is 0.384 e. The molecule has 0 saturated heterocycles. The lowest BCUT2D eigenvalue weighted by molar-refractivity contribution is 0.581. The Labute approximate surface area is 143 Å². The molecule has 0 aliphatic carbocycles. The first-order chi connectivity index (χ1) is 10.4. The Morgan fingerprint density at radius 3 is 2.82 bits per heavy atom. The van der Waals surface area contributed by atoms with E-state index in [1.54, 1.807) is 19.2 Å². The van der Waals surface area contributed by atoms with Gasteiger partial charge in [0.25, 0.3) is 0 Å². The molecule has 0 unspecified atom stereocenters. The van der Waals surface area contributed by atoms with Crippen molar-refractivity contribution in [3.8, 4) is 0 Å². The number of rotatable bonds is 7. The van der Waals surface area contributed by atoms with Crippen LogP contribution in [-0.4, -0.2) is 32.2 Å². The molecule has 0 spiro atoms. The van der Waals surface area contributed by atoms with Crippen molar-refractivity contribution in [2.24, 2.45) is 0 Å². The number of pyridine rings is 1. The second kappa shape index (κ2) is 7.59. The Morgan fingerprint density at radius 2 is 2.09 bits per heavy atom. The van der Waals surface area contributed by atoms with Gasteiger partial charge in [0.1, 0.15) is 0 Å². The summed E-state index contributed by atoms with van der Waals surface area (Å²) in [4.78, 5) is 4.29. The molecule has 1 heterocycles. The molecule has 2 N–H and O–H groups in total. The van der Waals surface area contributed by atoms with Crippen LogP contribution in [0.5, 0.6) is 0 Å². The zero-order valence-corrected chi connectivity index (χ0v) is 15.2. The molecule has 0 atom stereocenters. The average Bonchev–Trinajstić information content (AvgIpc) is 2.47. The highest BCUT2D eigenvalue weighted by Gasteiger charge is 2.07. The lowest BCUT2D eigenvalue weighted by Crippen LogP contribution is -2.27. The molecule has 0 bridgehead atoms. The number of aromatic nitrogens is 1. The molecule has 1 aromatic carbocycles. The number of anilines is 1.